The molecule has 0 heterocycles. The summed E-state index contributed by atoms with van der Waals surface area (Å²) in [5, 5.41) is 3.47. The Hall–Kier alpha value is -0.890. The molecule has 0 bridgehead atoms. The van der Waals surface area contributed by atoms with Crippen molar-refractivity contribution in [1.29, 1.82) is 0 Å². The molecule has 0 aromatic heterocycles. The van der Waals surface area contributed by atoms with Gasteiger partial charge in [0.05, 0.1) is 0 Å². The molecule has 2 heteroatoms. The van der Waals surface area contributed by atoms with Crippen LogP contribution in [0.15, 0.2) is 18.2 Å². The summed E-state index contributed by atoms with van der Waals surface area (Å²) >= 11 is 0. The second-order valence-electron chi connectivity index (χ2n) is 5.06. The topological polar surface area (TPSA) is 12.0 Å². The highest BCUT2D eigenvalue weighted by atomic mass is 19.1. The third-order valence-corrected chi connectivity index (χ3v) is 3.85. The van der Waals surface area contributed by atoms with Crippen molar-refractivity contribution in [3.05, 3.63) is 35.1 Å². The first-order chi connectivity index (χ1) is 8.24. The van der Waals surface area contributed by atoms with E-state index >= 15 is 0 Å². The maximum atomic E-state index is 14.2. The van der Waals surface area contributed by atoms with Gasteiger partial charge in [-0.05, 0) is 37.8 Å². The third kappa shape index (κ3) is 2.68. The van der Waals surface area contributed by atoms with E-state index < -0.39 is 0 Å². The van der Waals surface area contributed by atoms with Gasteiger partial charge in [0, 0.05) is 11.6 Å². The summed E-state index contributed by atoms with van der Waals surface area (Å²) < 4.78 is 14.2. The third-order valence-electron chi connectivity index (χ3n) is 3.85. The van der Waals surface area contributed by atoms with E-state index in [0.29, 0.717) is 5.92 Å². The van der Waals surface area contributed by atoms with E-state index in [-0.39, 0.29) is 11.9 Å². The second kappa shape index (κ2) is 5.63. The molecule has 1 atom stereocenters. The molecule has 1 saturated carbocycles. The van der Waals surface area contributed by atoms with Crippen molar-refractivity contribution in [3.8, 4) is 0 Å². The molecule has 1 nitrogen and oxygen atoms in total. The van der Waals surface area contributed by atoms with Crippen LogP contribution in [-0.4, -0.2) is 6.54 Å². The Balaban J connectivity index is 2.27. The highest BCUT2D eigenvalue weighted by Gasteiger charge is 2.27. The second-order valence-corrected chi connectivity index (χ2v) is 5.06. The molecule has 0 aliphatic heterocycles. The van der Waals surface area contributed by atoms with Crippen LogP contribution in [0.2, 0.25) is 0 Å². The van der Waals surface area contributed by atoms with Gasteiger partial charge in [-0.15, -0.1) is 0 Å². The van der Waals surface area contributed by atoms with Gasteiger partial charge in [0.2, 0.25) is 0 Å². The SMILES string of the molecule is CCNC(c1cccc(C)c1F)C1CCCC1. The lowest BCUT2D eigenvalue weighted by atomic mass is 9.90. The zero-order valence-electron chi connectivity index (χ0n) is 10.8. The molecule has 17 heavy (non-hydrogen) atoms. The highest BCUT2D eigenvalue weighted by molar-refractivity contribution is 5.28. The zero-order chi connectivity index (χ0) is 12.3. The van der Waals surface area contributed by atoms with E-state index in [9.17, 15) is 4.39 Å². The Morgan fingerprint density at radius 1 is 1.35 bits per heavy atom. The van der Waals surface area contributed by atoms with Crippen LogP contribution in [0.25, 0.3) is 0 Å². The van der Waals surface area contributed by atoms with E-state index in [2.05, 4.69) is 12.2 Å². The van der Waals surface area contributed by atoms with Gasteiger partial charge in [-0.25, -0.2) is 4.39 Å². The fourth-order valence-corrected chi connectivity index (χ4v) is 2.95. The van der Waals surface area contributed by atoms with Crippen LogP contribution < -0.4 is 5.32 Å². The average Bonchev–Trinajstić information content (AvgIpc) is 2.84. The van der Waals surface area contributed by atoms with Crippen molar-refractivity contribution in [2.45, 2.75) is 45.6 Å². The minimum absolute atomic E-state index is 0.0228. The summed E-state index contributed by atoms with van der Waals surface area (Å²) in [4.78, 5) is 0. The summed E-state index contributed by atoms with van der Waals surface area (Å²) in [5.41, 5.74) is 1.61. The number of nitrogens with one attached hydrogen (secondary N) is 1. The monoisotopic (exact) mass is 235 g/mol. The molecular formula is C15H22FN. The number of aryl methyl sites for hydroxylation is 1. The Labute approximate surface area is 103 Å². The molecule has 0 saturated heterocycles. The van der Waals surface area contributed by atoms with Crippen molar-refractivity contribution < 1.29 is 4.39 Å². The smallest absolute Gasteiger partial charge is 0.130 e. The first-order valence-corrected chi connectivity index (χ1v) is 6.72. The summed E-state index contributed by atoms with van der Waals surface area (Å²) in [6, 6.07) is 5.94. The molecule has 0 amide bonds. The number of hydrogen-bond donors (Lipinski definition) is 1. The summed E-state index contributed by atoms with van der Waals surface area (Å²) in [6.45, 7) is 4.83. The molecule has 1 aromatic rings. The zero-order valence-corrected chi connectivity index (χ0v) is 10.8. The Morgan fingerprint density at radius 2 is 2.06 bits per heavy atom. The van der Waals surface area contributed by atoms with E-state index in [4.69, 9.17) is 0 Å². The normalized spacial score (nSPS) is 18.5. The summed E-state index contributed by atoms with van der Waals surface area (Å²) in [5.74, 6) is 0.580. The number of hydrogen-bond acceptors (Lipinski definition) is 1. The lowest BCUT2D eigenvalue weighted by Gasteiger charge is -2.25. The van der Waals surface area contributed by atoms with E-state index in [0.717, 1.165) is 17.7 Å². The average molecular weight is 235 g/mol. The molecular weight excluding hydrogens is 213 g/mol. The molecule has 1 aromatic carbocycles. The van der Waals surface area contributed by atoms with Crippen LogP contribution in [0, 0.1) is 18.7 Å². The van der Waals surface area contributed by atoms with Crippen molar-refractivity contribution in [3.63, 3.8) is 0 Å². The standard InChI is InChI=1S/C15H22FN/c1-3-17-15(12-8-4-5-9-12)13-10-6-7-11(2)14(13)16/h6-7,10,12,15,17H,3-5,8-9H2,1-2H3. The predicted molar refractivity (Wildman–Crippen MR) is 69.5 cm³/mol. The minimum Gasteiger partial charge on any atom is -0.310 e. The van der Waals surface area contributed by atoms with Gasteiger partial charge in [-0.2, -0.15) is 0 Å². The summed E-state index contributed by atoms with van der Waals surface area (Å²) in [6.07, 6.45) is 5.04. The van der Waals surface area contributed by atoms with E-state index in [1.807, 2.05) is 25.1 Å². The van der Waals surface area contributed by atoms with Crippen molar-refractivity contribution in [2.24, 2.45) is 5.92 Å². The predicted octanol–water partition coefficient (Wildman–Crippen LogP) is 3.97. The maximum absolute atomic E-state index is 14.2. The number of halogens is 1. The first kappa shape index (κ1) is 12.6. The number of benzene rings is 1. The molecule has 94 valence electrons. The molecule has 1 N–H and O–H groups in total. The van der Waals surface area contributed by atoms with E-state index in [1.54, 1.807) is 0 Å². The molecule has 1 aliphatic rings. The van der Waals surface area contributed by atoms with Crippen molar-refractivity contribution >= 4 is 0 Å². The van der Waals surface area contributed by atoms with Gasteiger partial charge >= 0.3 is 0 Å². The summed E-state index contributed by atoms with van der Waals surface area (Å²) in [7, 11) is 0. The molecule has 1 fully saturated rings. The Kier molecular flexibility index (Phi) is 4.16. The first-order valence-electron chi connectivity index (χ1n) is 6.72. The molecule has 0 radical (unpaired) electrons. The maximum Gasteiger partial charge on any atom is 0.130 e. The van der Waals surface area contributed by atoms with Crippen molar-refractivity contribution in [2.75, 3.05) is 6.54 Å². The largest absolute Gasteiger partial charge is 0.310 e. The molecule has 1 unspecified atom stereocenters. The fraction of sp³-hybridized carbons (Fsp3) is 0.600. The minimum atomic E-state index is -0.0228. The highest BCUT2D eigenvalue weighted by Crippen LogP contribution is 2.36. The van der Waals surface area contributed by atoms with Crippen molar-refractivity contribution in [1.82, 2.24) is 5.32 Å². The quantitative estimate of drug-likeness (QED) is 0.832. The van der Waals surface area contributed by atoms with Gasteiger partial charge in [0.25, 0.3) is 0 Å². The Morgan fingerprint density at radius 3 is 2.71 bits per heavy atom. The van der Waals surface area contributed by atoms with Gasteiger partial charge in [0.15, 0.2) is 0 Å². The molecule has 1 aliphatic carbocycles. The van der Waals surface area contributed by atoms with Crippen LogP contribution in [0.1, 0.15) is 49.8 Å². The van der Waals surface area contributed by atoms with Gasteiger partial charge < -0.3 is 5.32 Å². The lowest BCUT2D eigenvalue weighted by Crippen LogP contribution is -2.28. The van der Waals surface area contributed by atoms with Gasteiger partial charge in [-0.3, -0.25) is 0 Å². The van der Waals surface area contributed by atoms with Crippen LogP contribution in [-0.2, 0) is 0 Å². The van der Waals surface area contributed by atoms with Crippen LogP contribution >= 0.6 is 0 Å². The van der Waals surface area contributed by atoms with Gasteiger partial charge in [-0.1, -0.05) is 38.0 Å². The fourth-order valence-electron chi connectivity index (χ4n) is 2.95. The van der Waals surface area contributed by atoms with Crippen LogP contribution in [0.5, 0.6) is 0 Å². The molecule has 0 spiro atoms. The van der Waals surface area contributed by atoms with Gasteiger partial charge in [0.1, 0.15) is 5.82 Å². The molecule has 2 rings (SSSR count). The number of rotatable bonds is 4. The van der Waals surface area contributed by atoms with Crippen LogP contribution in [0.4, 0.5) is 4.39 Å². The lowest BCUT2D eigenvalue weighted by molar-refractivity contribution is 0.363. The Bertz CT molecular complexity index is 369. The van der Waals surface area contributed by atoms with E-state index in [1.165, 1.54) is 25.7 Å². The van der Waals surface area contributed by atoms with Crippen LogP contribution in [0.3, 0.4) is 0 Å².